The van der Waals surface area contributed by atoms with Gasteiger partial charge in [0.25, 0.3) is 5.91 Å². The monoisotopic (exact) mass is 580 g/mol. The summed E-state index contributed by atoms with van der Waals surface area (Å²) >= 11 is 0. The number of aromatic nitrogens is 2. The predicted molar refractivity (Wildman–Crippen MR) is 160 cm³/mol. The van der Waals surface area contributed by atoms with E-state index in [9.17, 15) is 9.59 Å². The van der Waals surface area contributed by atoms with Gasteiger partial charge in [-0.25, -0.2) is 18.7 Å². The van der Waals surface area contributed by atoms with Gasteiger partial charge >= 0.3 is 0 Å². The Morgan fingerprint density at radius 2 is 1.70 bits per heavy atom. The Kier molecular flexibility index (Phi) is 7.14. The van der Waals surface area contributed by atoms with Crippen molar-refractivity contribution in [2.75, 3.05) is 27.2 Å². The lowest BCUT2D eigenvalue weighted by Gasteiger charge is -2.47. The Balaban J connectivity index is 1.45. The fourth-order valence-corrected chi connectivity index (χ4v) is 6.03. The molecule has 0 bridgehead atoms. The lowest BCUT2D eigenvalue weighted by Crippen LogP contribution is -2.59. The first-order valence-corrected chi connectivity index (χ1v) is 14.0. The third-order valence-electron chi connectivity index (χ3n) is 8.20. The van der Waals surface area contributed by atoms with Crippen molar-refractivity contribution in [3.63, 3.8) is 0 Å². The van der Waals surface area contributed by atoms with Crippen LogP contribution in [0.25, 0.3) is 33.4 Å². The summed E-state index contributed by atoms with van der Waals surface area (Å²) in [6.45, 7) is 4.65. The maximum absolute atomic E-state index is 16.5. The van der Waals surface area contributed by atoms with Gasteiger partial charge in [-0.3, -0.25) is 9.59 Å². The molecule has 1 saturated heterocycles. The molecule has 218 valence electrons. The van der Waals surface area contributed by atoms with E-state index < -0.39 is 23.0 Å². The minimum absolute atomic E-state index is 0.0124. The number of hydrogen-bond donors (Lipinski definition) is 1. The van der Waals surface area contributed by atoms with E-state index in [4.69, 9.17) is 4.42 Å². The molecule has 6 rings (SSSR count). The van der Waals surface area contributed by atoms with Crippen molar-refractivity contribution in [1.29, 1.82) is 0 Å². The second-order valence-corrected chi connectivity index (χ2v) is 11.3. The summed E-state index contributed by atoms with van der Waals surface area (Å²) in [6.07, 6.45) is 3.36. The van der Waals surface area contributed by atoms with Gasteiger partial charge < -0.3 is 14.6 Å². The number of rotatable bonds is 7. The number of nitrogens with one attached hydrogen (secondary N) is 1. The summed E-state index contributed by atoms with van der Waals surface area (Å²) in [5.74, 6) is -1.38. The molecule has 1 aliphatic heterocycles. The number of amides is 1. The summed E-state index contributed by atoms with van der Waals surface area (Å²) in [4.78, 5) is 37.6. The topological polar surface area (TPSA) is 88.3 Å². The van der Waals surface area contributed by atoms with Crippen LogP contribution in [0.1, 0.15) is 44.1 Å². The number of likely N-dealkylation sites (tertiary alicyclic amines) is 1. The van der Waals surface area contributed by atoms with Crippen LogP contribution in [0.15, 0.2) is 71.4 Å². The van der Waals surface area contributed by atoms with E-state index in [1.165, 1.54) is 32.2 Å². The number of aryl methyl sites for hydroxylation is 1. The van der Waals surface area contributed by atoms with E-state index in [2.05, 4.69) is 20.2 Å². The molecular formula is C34H30F2N4O3. The molecule has 0 spiro atoms. The summed E-state index contributed by atoms with van der Waals surface area (Å²) < 4.78 is 37.9. The van der Waals surface area contributed by atoms with Gasteiger partial charge in [0.05, 0.1) is 16.4 Å². The van der Waals surface area contributed by atoms with Crippen LogP contribution < -0.4 is 5.32 Å². The summed E-state index contributed by atoms with van der Waals surface area (Å²) in [6, 6.07) is 14.9. The number of nitrogens with zero attached hydrogens (tertiary/aromatic N) is 3. The molecule has 3 aromatic carbocycles. The van der Waals surface area contributed by atoms with Gasteiger partial charge in [-0.1, -0.05) is 29.8 Å². The number of carbonyl (C=O) groups is 2. The largest absolute Gasteiger partial charge is 0.455 e. The zero-order valence-electron chi connectivity index (χ0n) is 24.3. The standard InChI is InChI=1S/C34H30F2N4O3/c1-19-6-8-21(9-7-19)31-29(32(42)37-3)28-27(43-31)11-10-23(30(28)36)24-14-22(15-25(35)20(24)2)26(41)16-34(17-40(4)18-34)33-38-12-5-13-39-33/h5-15H,16-18H2,1-4H3,(H,37,42). The lowest BCUT2D eigenvalue weighted by atomic mass is 9.74. The van der Waals surface area contributed by atoms with Crippen LogP contribution in [-0.2, 0) is 5.41 Å². The first-order valence-electron chi connectivity index (χ1n) is 14.0. The molecular weight excluding hydrogens is 550 g/mol. The third-order valence-corrected chi connectivity index (χ3v) is 8.20. The molecule has 1 amide bonds. The van der Waals surface area contributed by atoms with Crippen LogP contribution >= 0.6 is 0 Å². The Morgan fingerprint density at radius 3 is 2.35 bits per heavy atom. The number of furan rings is 1. The van der Waals surface area contributed by atoms with Crippen LogP contribution in [0.4, 0.5) is 8.78 Å². The van der Waals surface area contributed by atoms with Crippen molar-refractivity contribution in [1.82, 2.24) is 20.2 Å². The molecule has 1 aliphatic rings. The fraction of sp³-hybridized carbons (Fsp3) is 0.235. The van der Waals surface area contributed by atoms with Crippen LogP contribution in [0.5, 0.6) is 0 Å². The molecule has 0 saturated carbocycles. The number of ketones is 1. The van der Waals surface area contributed by atoms with Crippen molar-refractivity contribution >= 4 is 22.7 Å². The number of benzene rings is 3. The van der Waals surface area contributed by atoms with E-state index in [0.29, 0.717) is 24.5 Å². The highest BCUT2D eigenvalue weighted by molar-refractivity contribution is 6.12. The van der Waals surface area contributed by atoms with E-state index in [0.717, 1.165) is 5.56 Å². The quantitative estimate of drug-likeness (QED) is 0.229. The van der Waals surface area contributed by atoms with Gasteiger partial charge in [0.2, 0.25) is 0 Å². The number of Topliss-reactive ketones (excluding diaryl/α,β-unsaturated/α-hetero) is 1. The number of likely N-dealkylation sites (N-methyl/N-ethyl adjacent to an activating group) is 1. The molecule has 2 aromatic heterocycles. The van der Waals surface area contributed by atoms with Gasteiger partial charge in [0.1, 0.15) is 28.8 Å². The van der Waals surface area contributed by atoms with Gasteiger partial charge in [-0.2, -0.15) is 0 Å². The Morgan fingerprint density at radius 1 is 1.00 bits per heavy atom. The smallest absolute Gasteiger partial charge is 0.255 e. The minimum Gasteiger partial charge on any atom is -0.455 e. The van der Waals surface area contributed by atoms with Crippen LogP contribution in [-0.4, -0.2) is 53.7 Å². The van der Waals surface area contributed by atoms with Crippen LogP contribution in [0, 0.1) is 25.5 Å². The maximum Gasteiger partial charge on any atom is 0.255 e. The Labute approximate surface area is 247 Å². The van der Waals surface area contributed by atoms with E-state index >= 15 is 8.78 Å². The van der Waals surface area contributed by atoms with E-state index in [-0.39, 0.29) is 56.8 Å². The molecule has 7 nitrogen and oxygen atoms in total. The molecule has 0 aliphatic carbocycles. The number of carbonyl (C=O) groups excluding carboxylic acids is 2. The van der Waals surface area contributed by atoms with E-state index in [1.807, 2.05) is 26.1 Å². The molecule has 0 unspecified atom stereocenters. The highest BCUT2D eigenvalue weighted by Crippen LogP contribution is 2.41. The Hall–Kier alpha value is -4.76. The molecule has 9 heteroatoms. The van der Waals surface area contributed by atoms with E-state index in [1.54, 1.807) is 36.7 Å². The average Bonchev–Trinajstić information content (AvgIpc) is 3.39. The fourth-order valence-electron chi connectivity index (χ4n) is 6.03. The third kappa shape index (κ3) is 4.89. The SMILES string of the molecule is CNC(=O)c1c(-c2ccc(C)cc2)oc2ccc(-c3cc(C(=O)CC4(c5ncccn5)CN(C)C4)cc(F)c3C)c(F)c12. The normalized spacial score (nSPS) is 14.5. The second kappa shape index (κ2) is 10.8. The number of halogens is 2. The molecule has 0 atom stereocenters. The first kappa shape index (κ1) is 28.4. The van der Waals surface area contributed by atoms with Crippen molar-refractivity contribution < 1.29 is 22.8 Å². The summed E-state index contributed by atoms with van der Waals surface area (Å²) in [7, 11) is 3.41. The van der Waals surface area contributed by atoms with Gasteiger partial charge in [0, 0.05) is 55.6 Å². The highest BCUT2D eigenvalue weighted by atomic mass is 19.1. The maximum atomic E-state index is 16.5. The number of hydrogen-bond acceptors (Lipinski definition) is 6. The predicted octanol–water partition coefficient (Wildman–Crippen LogP) is 6.27. The molecule has 3 heterocycles. The van der Waals surface area contributed by atoms with Crippen molar-refractivity contribution in [3.8, 4) is 22.5 Å². The molecule has 1 N–H and O–H groups in total. The molecule has 1 fully saturated rings. The van der Waals surface area contributed by atoms with Gasteiger partial charge in [-0.15, -0.1) is 0 Å². The zero-order chi connectivity index (χ0) is 30.5. The lowest BCUT2D eigenvalue weighted by molar-refractivity contribution is 0.0639. The van der Waals surface area contributed by atoms with Crippen molar-refractivity contribution in [2.45, 2.75) is 25.7 Å². The first-order chi connectivity index (χ1) is 20.6. The van der Waals surface area contributed by atoms with Crippen molar-refractivity contribution in [3.05, 3.63) is 107 Å². The van der Waals surface area contributed by atoms with Gasteiger partial charge in [0.15, 0.2) is 5.78 Å². The zero-order valence-corrected chi connectivity index (χ0v) is 24.3. The highest BCUT2D eigenvalue weighted by Gasteiger charge is 2.46. The van der Waals surface area contributed by atoms with Crippen molar-refractivity contribution in [2.24, 2.45) is 0 Å². The molecule has 0 radical (unpaired) electrons. The van der Waals surface area contributed by atoms with Gasteiger partial charge in [-0.05, 0) is 62.4 Å². The minimum atomic E-state index is -0.736. The number of fused-ring (bicyclic) bond motifs is 1. The van der Waals surface area contributed by atoms with Crippen LogP contribution in [0.3, 0.4) is 0 Å². The molecule has 5 aromatic rings. The summed E-state index contributed by atoms with van der Waals surface area (Å²) in [5, 5.41) is 2.57. The average molecular weight is 581 g/mol. The summed E-state index contributed by atoms with van der Waals surface area (Å²) in [5.41, 5.74) is 1.87. The van der Waals surface area contributed by atoms with Crippen LogP contribution in [0.2, 0.25) is 0 Å². The Bertz CT molecular complexity index is 1880. The second-order valence-electron chi connectivity index (χ2n) is 11.3. The molecule has 43 heavy (non-hydrogen) atoms.